The first-order chi connectivity index (χ1) is 6.50. The second-order valence-corrected chi connectivity index (χ2v) is 4.95. The van der Waals surface area contributed by atoms with Crippen LogP contribution >= 0.6 is 0 Å². The number of nitrogens with zero attached hydrogens (tertiary/aromatic N) is 3. The Morgan fingerprint density at radius 1 is 1.64 bits per heavy atom. The van der Waals surface area contributed by atoms with Crippen molar-refractivity contribution in [3.8, 4) is 0 Å². The van der Waals surface area contributed by atoms with E-state index in [1.54, 1.807) is 0 Å². The van der Waals surface area contributed by atoms with E-state index in [1.807, 2.05) is 13.8 Å². The molecule has 14 heavy (non-hydrogen) atoms. The summed E-state index contributed by atoms with van der Waals surface area (Å²) in [6.07, 6.45) is 2.00. The van der Waals surface area contributed by atoms with Gasteiger partial charge in [0.2, 0.25) is 0 Å². The van der Waals surface area contributed by atoms with E-state index in [1.165, 1.54) is 17.7 Å². The number of aromatic nitrogens is 3. The molecule has 0 radical (unpaired) electrons. The van der Waals surface area contributed by atoms with Crippen molar-refractivity contribution < 1.29 is 8.42 Å². The zero-order valence-corrected chi connectivity index (χ0v) is 9.24. The lowest BCUT2D eigenvalue weighted by molar-refractivity contribution is 0.377. The summed E-state index contributed by atoms with van der Waals surface area (Å²) in [5, 5.41) is 5.76. The Balaban J connectivity index is 2.97. The van der Waals surface area contributed by atoms with Crippen molar-refractivity contribution in [3.05, 3.63) is 6.33 Å². The molecule has 0 aliphatic heterocycles. The van der Waals surface area contributed by atoms with Gasteiger partial charge in [-0.05, 0) is 13.3 Å². The maximum atomic E-state index is 11.8. The van der Waals surface area contributed by atoms with Gasteiger partial charge in [0, 0.05) is 13.1 Å². The molecule has 1 aromatic heterocycles. The van der Waals surface area contributed by atoms with Crippen molar-refractivity contribution in [1.82, 2.24) is 19.5 Å². The number of nitrogens with one attached hydrogen (secondary N) is 1. The third kappa shape index (κ3) is 1.93. The van der Waals surface area contributed by atoms with E-state index in [9.17, 15) is 8.42 Å². The topological polar surface area (TPSA) is 79.0 Å². The van der Waals surface area contributed by atoms with Crippen molar-refractivity contribution >= 4 is 10.0 Å². The average Bonchev–Trinajstić information content (AvgIpc) is 2.68. The van der Waals surface area contributed by atoms with Gasteiger partial charge >= 0.3 is 0 Å². The minimum atomic E-state index is -3.53. The minimum Gasteiger partial charge on any atom is -0.265 e. The highest BCUT2D eigenvalue weighted by Crippen LogP contribution is 2.12. The molecule has 0 saturated heterocycles. The smallest absolute Gasteiger partial charge is 0.265 e. The van der Waals surface area contributed by atoms with Gasteiger partial charge in [0.05, 0.1) is 0 Å². The van der Waals surface area contributed by atoms with Crippen LogP contribution in [-0.4, -0.2) is 41.0 Å². The molecule has 1 heterocycles. The third-order valence-electron chi connectivity index (χ3n) is 2.21. The number of aromatic amines is 1. The van der Waals surface area contributed by atoms with E-state index in [4.69, 9.17) is 0 Å². The average molecular weight is 218 g/mol. The Morgan fingerprint density at radius 2 is 2.29 bits per heavy atom. The number of hydrogen-bond donors (Lipinski definition) is 1. The second-order valence-electron chi connectivity index (χ2n) is 3.06. The molecule has 6 nitrogen and oxygen atoms in total. The van der Waals surface area contributed by atoms with Gasteiger partial charge in [-0.15, -0.1) is 5.10 Å². The SMILES string of the molecule is CCC(C)N(C)S(=O)(=O)c1nc[nH]n1. The highest BCUT2D eigenvalue weighted by Gasteiger charge is 2.27. The molecule has 1 unspecified atom stereocenters. The Bertz CT molecular complexity index is 372. The molecule has 1 N–H and O–H groups in total. The van der Waals surface area contributed by atoms with Gasteiger partial charge < -0.3 is 0 Å². The lowest BCUT2D eigenvalue weighted by Crippen LogP contribution is -2.35. The van der Waals surface area contributed by atoms with Crippen LogP contribution in [0.3, 0.4) is 0 Å². The molecule has 1 aromatic rings. The van der Waals surface area contributed by atoms with E-state index in [0.717, 1.165) is 6.42 Å². The fraction of sp³-hybridized carbons (Fsp3) is 0.714. The van der Waals surface area contributed by atoms with Crippen molar-refractivity contribution in [2.75, 3.05) is 7.05 Å². The summed E-state index contributed by atoms with van der Waals surface area (Å²) >= 11 is 0. The van der Waals surface area contributed by atoms with Crippen molar-refractivity contribution in [2.45, 2.75) is 31.5 Å². The zero-order chi connectivity index (χ0) is 10.8. The maximum Gasteiger partial charge on any atom is 0.282 e. The van der Waals surface area contributed by atoms with Crippen LogP contribution in [0.1, 0.15) is 20.3 Å². The van der Waals surface area contributed by atoms with Gasteiger partial charge in [-0.3, -0.25) is 5.10 Å². The van der Waals surface area contributed by atoms with Gasteiger partial charge in [0.1, 0.15) is 6.33 Å². The Morgan fingerprint density at radius 3 is 2.71 bits per heavy atom. The van der Waals surface area contributed by atoms with E-state index < -0.39 is 10.0 Å². The molecule has 0 saturated carbocycles. The number of rotatable bonds is 4. The molecular formula is C7H14N4O2S. The lowest BCUT2D eigenvalue weighted by atomic mass is 10.3. The number of hydrogen-bond acceptors (Lipinski definition) is 4. The van der Waals surface area contributed by atoms with Gasteiger partial charge in [-0.25, -0.2) is 13.4 Å². The molecule has 0 bridgehead atoms. The maximum absolute atomic E-state index is 11.8. The standard InChI is InChI=1S/C7H14N4O2S/c1-4-6(2)11(3)14(12,13)7-8-5-9-10-7/h5-6H,4H2,1-3H3,(H,8,9,10). The van der Waals surface area contributed by atoms with Gasteiger partial charge in [0.15, 0.2) is 0 Å². The van der Waals surface area contributed by atoms with E-state index in [-0.39, 0.29) is 11.2 Å². The first kappa shape index (κ1) is 11.1. The number of sulfonamides is 1. The normalized spacial score (nSPS) is 14.6. The van der Waals surface area contributed by atoms with Gasteiger partial charge in [0.25, 0.3) is 15.2 Å². The van der Waals surface area contributed by atoms with Gasteiger partial charge in [-0.2, -0.15) is 4.31 Å². The zero-order valence-electron chi connectivity index (χ0n) is 8.43. The van der Waals surface area contributed by atoms with E-state index in [0.29, 0.717) is 0 Å². The molecule has 0 fully saturated rings. The van der Waals surface area contributed by atoms with Crippen molar-refractivity contribution in [2.24, 2.45) is 0 Å². The molecule has 1 atom stereocenters. The van der Waals surface area contributed by atoms with Crippen LogP contribution in [0.4, 0.5) is 0 Å². The molecule has 0 aliphatic rings. The lowest BCUT2D eigenvalue weighted by Gasteiger charge is -2.20. The van der Waals surface area contributed by atoms with Crippen LogP contribution in [-0.2, 0) is 10.0 Å². The van der Waals surface area contributed by atoms with Crippen LogP contribution in [0.25, 0.3) is 0 Å². The Labute approximate surface area is 83.4 Å². The van der Waals surface area contributed by atoms with Crippen LogP contribution in [0.5, 0.6) is 0 Å². The van der Waals surface area contributed by atoms with Gasteiger partial charge in [-0.1, -0.05) is 6.92 Å². The predicted octanol–water partition coefficient (Wildman–Crippen LogP) is 0.224. The summed E-state index contributed by atoms with van der Waals surface area (Å²) in [7, 11) is -2.00. The number of H-pyrrole nitrogens is 1. The summed E-state index contributed by atoms with van der Waals surface area (Å²) in [4.78, 5) is 3.63. The van der Waals surface area contributed by atoms with Crippen molar-refractivity contribution in [3.63, 3.8) is 0 Å². The molecule has 0 spiro atoms. The summed E-state index contributed by atoms with van der Waals surface area (Å²) < 4.78 is 24.8. The summed E-state index contributed by atoms with van der Waals surface area (Å²) in [5.41, 5.74) is 0. The van der Waals surface area contributed by atoms with Crippen LogP contribution in [0.2, 0.25) is 0 Å². The Kier molecular flexibility index (Phi) is 3.22. The predicted molar refractivity (Wildman–Crippen MR) is 51.1 cm³/mol. The first-order valence-electron chi connectivity index (χ1n) is 4.34. The minimum absolute atomic E-state index is 0.0569. The summed E-state index contributed by atoms with van der Waals surface area (Å²) in [6.45, 7) is 3.76. The summed E-state index contributed by atoms with van der Waals surface area (Å²) in [5.74, 6) is 0. The highest BCUT2D eigenvalue weighted by molar-refractivity contribution is 7.88. The molecule has 0 amide bonds. The summed E-state index contributed by atoms with van der Waals surface area (Å²) in [6, 6.07) is -0.0569. The first-order valence-corrected chi connectivity index (χ1v) is 5.78. The fourth-order valence-electron chi connectivity index (χ4n) is 0.944. The second kappa shape index (κ2) is 4.05. The molecule has 1 rings (SSSR count). The van der Waals surface area contributed by atoms with Crippen LogP contribution < -0.4 is 0 Å². The largest absolute Gasteiger partial charge is 0.282 e. The Hall–Kier alpha value is -0.950. The molecule has 7 heteroatoms. The van der Waals surface area contributed by atoms with Crippen LogP contribution in [0.15, 0.2) is 11.5 Å². The molecular weight excluding hydrogens is 204 g/mol. The monoisotopic (exact) mass is 218 g/mol. The highest BCUT2D eigenvalue weighted by atomic mass is 32.2. The van der Waals surface area contributed by atoms with E-state index in [2.05, 4.69) is 15.2 Å². The van der Waals surface area contributed by atoms with Crippen molar-refractivity contribution in [1.29, 1.82) is 0 Å². The quantitative estimate of drug-likeness (QED) is 0.784. The molecule has 80 valence electrons. The molecule has 0 aromatic carbocycles. The molecule has 0 aliphatic carbocycles. The van der Waals surface area contributed by atoms with Crippen LogP contribution in [0, 0.1) is 0 Å². The van der Waals surface area contributed by atoms with E-state index >= 15 is 0 Å². The third-order valence-corrected chi connectivity index (χ3v) is 3.99. The fourth-order valence-corrected chi connectivity index (χ4v) is 2.18.